The van der Waals surface area contributed by atoms with Crippen LogP contribution in [-0.2, 0) is 28.6 Å². The molecular weight excluding hydrogens is 949 g/mol. The number of ether oxygens (including phenoxy) is 3. The Bertz CT molecular complexity index is 1380. The summed E-state index contributed by atoms with van der Waals surface area (Å²) in [5.74, 6) is -0.879. The molecule has 0 aliphatic rings. The Kier molecular flexibility index (Phi) is 63.2. The molecule has 1 atom stereocenters. The van der Waals surface area contributed by atoms with E-state index in [0.29, 0.717) is 19.3 Å². The fourth-order valence-electron chi connectivity index (χ4n) is 10.0. The van der Waals surface area contributed by atoms with E-state index in [9.17, 15) is 14.4 Å². The molecule has 0 aliphatic heterocycles. The Morgan fingerprint density at radius 2 is 0.506 bits per heavy atom. The van der Waals surface area contributed by atoms with E-state index in [1.54, 1.807) is 0 Å². The van der Waals surface area contributed by atoms with Crippen molar-refractivity contribution in [2.24, 2.45) is 0 Å². The monoisotopic (exact) mass is 1080 g/mol. The van der Waals surface area contributed by atoms with Crippen LogP contribution in [0.25, 0.3) is 0 Å². The second kappa shape index (κ2) is 65.6. The minimum absolute atomic E-state index is 0.0753. The molecule has 6 heteroatoms. The van der Waals surface area contributed by atoms with E-state index in [1.807, 2.05) is 0 Å². The highest BCUT2D eigenvalue weighted by Gasteiger charge is 2.19. The van der Waals surface area contributed by atoms with Gasteiger partial charge in [-0.3, -0.25) is 14.4 Å². The average molecular weight is 1080 g/mol. The van der Waals surface area contributed by atoms with Crippen molar-refractivity contribution in [3.05, 3.63) is 60.8 Å². The smallest absolute Gasteiger partial charge is 0.306 e. The first-order valence-electron chi connectivity index (χ1n) is 33.8. The predicted molar refractivity (Wildman–Crippen MR) is 335 cm³/mol. The first-order valence-corrected chi connectivity index (χ1v) is 33.8. The van der Waals surface area contributed by atoms with Crippen molar-refractivity contribution in [1.82, 2.24) is 0 Å². The number of carbonyl (C=O) groups is 3. The molecule has 0 saturated heterocycles. The van der Waals surface area contributed by atoms with E-state index in [2.05, 4.69) is 81.5 Å². The Hall–Kier alpha value is -2.89. The van der Waals surface area contributed by atoms with Crippen LogP contribution in [0.1, 0.15) is 355 Å². The molecule has 0 rings (SSSR count). The number of hydrogen-bond acceptors (Lipinski definition) is 6. The number of allylic oxidation sites excluding steroid dienone is 10. The van der Waals surface area contributed by atoms with Gasteiger partial charge in [-0.15, -0.1) is 0 Å². The largest absolute Gasteiger partial charge is 0.462 e. The summed E-state index contributed by atoms with van der Waals surface area (Å²) >= 11 is 0. The van der Waals surface area contributed by atoms with Gasteiger partial charge in [0.05, 0.1) is 0 Å². The highest BCUT2D eigenvalue weighted by Crippen LogP contribution is 2.18. The summed E-state index contributed by atoms with van der Waals surface area (Å²) in [5.41, 5.74) is 0. The van der Waals surface area contributed by atoms with Crippen molar-refractivity contribution in [3.63, 3.8) is 0 Å². The molecule has 0 saturated carbocycles. The van der Waals surface area contributed by atoms with Crippen LogP contribution in [0, 0.1) is 0 Å². The lowest BCUT2D eigenvalue weighted by Gasteiger charge is -2.18. The van der Waals surface area contributed by atoms with Gasteiger partial charge >= 0.3 is 17.9 Å². The Labute approximate surface area is 479 Å². The molecule has 0 spiro atoms. The summed E-state index contributed by atoms with van der Waals surface area (Å²) in [7, 11) is 0. The molecule has 0 amide bonds. The van der Waals surface area contributed by atoms with Crippen LogP contribution in [0.3, 0.4) is 0 Å². The van der Waals surface area contributed by atoms with E-state index < -0.39 is 6.10 Å². The molecule has 0 aliphatic carbocycles. The van der Waals surface area contributed by atoms with E-state index in [4.69, 9.17) is 14.2 Å². The van der Waals surface area contributed by atoms with Gasteiger partial charge in [0.15, 0.2) is 6.10 Å². The van der Waals surface area contributed by atoms with E-state index >= 15 is 0 Å². The Morgan fingerprint density at radius 1 is 0.273 bits per heavy atom. The summed E-state index contributed by atoms with van der Waals surface area (Å²) in [6.45, 7) is 6.51. The molecular formula is C71H128O6. The fourth-order valence-corrected chi connectivity index (χ4v) is 10.0. The Morgan fingerprint density at radius 3 is 0.792 bits per heavy atom. The molecule has 0 aromatic carbocycles. The zero-order chi connectivity index (χ0) is 55.7. The minimum Gasteiger partial charge on any atom is -0.462 e. The van der Waals surface area contributed by atoms with Gasteiger partial charge < -0.3 is 14.2 Å². The van der Waals surface area contributed by atoms with Crippen molar-refractivity contribution >= 4 is 17.9 Å². The zero-order valence-corrected chi connectivity index (χ0v) is 51.5. The molecule has 0 fully saturated rings. The summed E-state index contributed by atoms with van der Waals surface area (Å²) in [6, 6.07) is 0. The standard InChI is InChI=1S/C71H128O6/c1-4-7-10-13-16-18-20-22-24-26-28-30-32-33-34-35-36-37-38-40-41-43-45-47-49-51-53-55-58-61-64-70(73)76-67-68(66-75-69(72)63-60-57-15-12-9-6-3)77-71(74)65-62-59-56-54-52-50-48-46-44-42-39-31-29-27-25-23-21-19-17-14-11-8-5-2/h8,11,17,19,23,25,29,31,42,44,68H,4-7,9-10,12-16,18,20-22,24,26-28,30,32-41,43,45-67H2,1-3H3/b11-8-,19-17-,25-23-,31-29-,44-42-. The molecule has 0 aromatic heterocycles. The highest BCUT2D eigenvalue weighted by molar-refractivity contribution is 5.71. The van der Waals surface area contributed by atoms with Crippen LogP contribution in [0.2, 0.25) is 0 Å². The Balaban J connectivity index is 4.01. The van der Waals surface area contributed by atoms with Gasteiger partial charge in [0.1, 0.15) is 13.2 Å². The van der Waals surface area contributed by atoms with Gasteiger partial charge in [0, 0.05) is 19.3 Å². The van der Waals surface area contributed by atoms with Crippen molar-refractivity contribution in [3.8, 4) is 0 Å². The molecule has 1 unspecified atom stereocenters. The molecule has 0 N–H and O–H groups in total. The average Bonchev–Trinajstić information content (AvgIpc) is 3.43. The lowest BCUT2D eigenvalue weighted by molar-refractivity contribution is -0.167. The van der Waals surface area contributed by atoms with Crippen molar-refractivity contribution in [2.75, 3.05) is 13.2 Å². The normalized spacial score (nSPS) is 12.4. The van der Waals surface area contributed by atoms with Crippen LogP contribution in [-0.4, -0.2) is 37.2 Å². The summed E-state index contributed by atoms with van der Waals surface area (Å²) in [4.78, 5) is 38.0. The highest BCUT2D eigenvalue weighted by atomic mass is 16.6. The topological polar surface area (TPSA) is 78.9 Å². The van der Waals surface area contributed by atoms with Crippen LogP contribution in [0.15, 0.2) is 60.8 Å². The molecule has 6 nitrogen and oxygen atoms in total. The molecule has 0 radical (unpaired) electrons. The quantitative estimate of drug-likeness (QED) is 0.0261. The summed E-state index contributed by atoms with van der Waals surface area (Å²) in [6.07, 6.45) is 84.3. The molecule has 0 heterocycles. The second-order valence-electron chi connectivity index (χ2n) is 22.7. The lowest BCUT2D eigenvalue weighted by Crippen LogP contribution is -2.30. The first-order chi connectivity index (χ1) is 38.0. The van der Waals surface area contributed by atoms with Gasteiger partial charge in [0.2, 0.25) is 0 Å². The number of unbranched alkanes of at least 4 members (excludes halogenated alkanes) is 41. The summed E-state index contributed by atoms with van der Waals surface area (Å²) in [5, 5.41) is 0. The van der Waals surface area contributed by atoms with E-state index in [-0.39, 0.29) is 31.1 Å². The third kappa shape index (κ3) is 63.8. The maximum Gasteiger partial charge on any atom is 0.306 e. The maximum absolute atomic E-state index is 12.9. The van der Waals surface area contributed by atoms with E-state index in [1.165, 1.54) is 218 Å². The van der Waals surface area contributed by atoms with Gasteiger partial charge in [0.25, 0.3) is 0 Å². The van der Waals surface area contributed by atoms with E-state index in [0.717, 1.165) is 96.3 Å². The third-order valence-electron chi connectivity index (χ3n) is 15.0. The number of hydrogen-bond donors (Lipinski definition) is 0. The summed E-state index contributed by atoms with van der Waals surface area (Å²) < 4.78 is 16.8. The molecule has 448 valence electrons. The SMILES string of the molecule is CC/C=C\C/C=C\C/C=C\C/C=C\C/C=C\CCCCCCCCCC(=O)OC(COC(=O)CCCCCCCC)COC(=O)CCCCCCCCCCCCCCCCCCCCCCCCCCCCCCCC. The van der Waals surface area contributed by atoms with Gasteiger partial charge in [-0.1, -0.05) is 332 Å². The van der Waals surface area contributed by atoms with Crippen molar-refractivity contribution < 1.29 is 28.6 Å². The van der Waals surface area contributed by atoms with Crippen LogP contribution in [0.5, 0.6) is 0 Å². The van der Waals surface area contributed by atoms with Gasteiger partial charge in [-0.05, 0) is 64.2 Å². The van der Waals surface area contributed by atoms with Gasteiger partial charge in [-0.2, -0.15) is 0 Å². The number of rotatable bonds is 62. The third-order valence-corrected chi connectivity index (χ3v) is 15.0. The first kappa shape index (κ1) is 74.1. The zero-order valence-electron chi connectivity index (χ0n) is 51.5. The maximum atomic E-state index is 12.9. The molecule has 77 heavy (non-hydrogen) atoms. The van der Waals surface area contributed by atoms with Crippen LogP contribution < -0.4 is 0 Å². The van der Waals surface area contributed by atoms with Gasteiger partial charge in [-0.25, -0.2) is 0 Å². The molecule has 0 aromatic rings. The lowest BCUT2D eigenvalue weighted by atomic mass is 10.0. The van der Waals surface area contributed by atoms with Crippen LogP contribution >= 0.6 is 0 Å². The minimum atomic E-state index is -0.777. The number of esters is 3. The van der Waals surface area contributed by atoms with Crippen molar-refractivity contribution in [1.29, 1.82) is 0 Å². The molecule has 0 bridgehead atoms. The predicted octanol–water partition coefficient (Wildman–Crippen LogP) is 23.1. The fraction of sp³-hybridized carbons (Fsp3) is 0.817. The van der Waals surface area contributed by atoms with Crippen molar-refractivity contribution in [2.45, 2.75) is 361 Å². The number of carbonyl (C=O) groups excluding carboxylic acids is 3. The van der Waals surface area contributed by atoms with Crippen LogP contribution in [0.4, 0.5) is 0 Å². The second-order valence-corrected chi connectivity index (χ2v) is 22.7.